The first-order valence-electron chi connectivity index (χ1n) is 4.99. The molecule has 84 valence electrons. The number of hydrogen-bond acceptors (Lipinski definition) is 4. The van der Waals surface area contributed by atoms with Crippen molar-refractivity contribution in [2.75, 3.05) is 19.4 Å². The van der Waals surface area contributed by atoms with E-state index in [2.05, 4.69) is 14.4 Å². The summed E-state index contributed by atoms with van der Waals surface area (Å²) in [6, 6.07) is 3.36. The highest BCUT2D eigenvalue weighted by Gasteiger charge is 2.16. The first-order chi connectivity index (χ1) is 7.86. The molecule has 1 unspecified atom stereocenters. The topological polar surface area (TPSA) is 47.9 Å². The van der Waals surface area contributed by atoms with Crippen molar-refractivity contribution in [1.29, 1.82) is 0 Å². The fourth-order valence-corrected chi connectivity index (χ4v) is 1.66. The number of rotatable bonds is 4. The maximum atomic E-state index is 10.6. The molecule has 1 aromatic rings. The van der Waals surface area contributed by atoms with Gasteiger partial charge >= 0.3 is 0 Å². The Balaban J connectivity index is 2.41. The minimum Gasteiger partial charge on any atom is -0.492 e. The van der Waals surface area contributed by atoms with Crippen molar-refractivity contribution in [2.45, 2.75) is 0 Å². The molecule has 0 radical (unpaired) electrons. The lowest BCUT2D eigenvalue weighted by atomic mass is 10.1. The van der Waals surface area contributed by atoms with Crippen LogP contribution in [0.25, 0.3) is 6.08 Å². The molecule has 0 amide bonds. The van der Waals surface area contributed by atoms with Crippen molar-refractivity contribution in [1.82, 2.24) is 0 Å². The van der Waals surface area contributed by atoms with Crippen LogP contribution in [0.1, 0.15) is 5.56 Å². The first-order valence-corrected chi connectivity index (χ1v) is 5.81. The number of nitrogens with zero attached hydrogens (tertiary/aromatic N) is 1. The van der Waals surface area contributed by atoms with Crippen LogP contribution < -0.4 is 9.47 Å². The number of benzene rings is 1. The zero-order valence-corrected chi connectivity index (χ0v) is 9.83. The smallest absolute Gasteiger partial charge is 0.159 e. The zero-order valence-electron chi connectivity index (χ0n) is 8.68. The quantitative estimate of drug-likeness (QED) is 0.597. The number of ether oxygens (including phenoxy) is 2. The second-order valence-corrected chi connectivity index (χ2v) is 3.84. The van der Waals surface area contributed by atoms with Crippen molar-refractivity contribution in [3.05, 3.63) is 28.7 Å². The minimum atomic E-state index is 0.317. The van der Waals surface area contributed by atoms with Gasteiger partial charge in [0.25, 0.3) is 0 Å². The molecule has 0 aliphatic carbocycles. The highest BCUT2D eigenvalue weighted by molar-refractivity contribution is 7.16. The van der Waals surface area contributed by atoms with Crippen LogP contribution in [0.3, 0.4) is 0 Å². The van der Waals surface area contributed by atoms with Crippen LogP contribution in [-0.2, 0) is 0 Å². The molecular formula is C11H12NO3P. The Kier molecular flexibility index (Phi) is 3.52. The van der Waals surface area contributed by atoms with Gasteiger partial charge in [-0.2, -0.15) is 0 Å². The van der Waals surface area contributed by atoms with E-state index < -0.39 is 0 Å². The van der Waals surface area contributed by atoms with Crippen LogP contribution in [0.2, 0.25) is 0 Å². The fraction of sp³-hybridized carbons (Fsp3) is 0.273. The second kappa shape index (κ2) is 5.08. The zero-order chi connectivity index (χ0) is 11.4. The predicted molar refractivity (Wildman–Crippen MR) is 66.5 cm³/mol. The predicted octanol–water partition coefficient (Wildman–Crippen LogP) is 2.74. The summed E-state index contributed by atoms with van der Waals surface area (Å²) in [6.45, 7) is 1.07. The molecule has 0 saturated carbocycles. The fourth-order valence-electron chi connectivity index (χ4n) is 1.54. The van der Waals surface area contributed by atoms with Gasteiger partial charge in [-0.25, -0.2) is 0 Å². The Labute approximate surface area is 95.8 Å². The summed E-state index contributed by atoms with van der Waals surface area (Å²) in [6.07, 6.45) is 4.63. The standard InChI is InChI=1S/C11H12NO3P/c13-12-9-3-4-10(14-6-7-16)8-2-1-5-15-11(8)9/h1-4H,5-7,16H2. The molecule has 0 aromatic heterocycles. The van der Waals surface area contributed by atoms with Crippen LogP contribution in [0.5, 0.6) is 11.5 Å². The highest BCUT2D eigenvalue weighted by atomic mass is 31.0. The Morgan fingerprint density at radius 2 is 2.38 bits per heavy atom. The van der Waals surface area contributed by atoms with Crippen LogP contribution in [0, 0.1) is 4.91 Å². The average Bonchev–Trinajstić information content (AvgIpc) is 2.36. The molecule has 1 heterocycles. The first kappa shape index (κ1) is 11.1. The van der Waals surface area contributed by atoms with E-state index >= 15 is 0 Å². The Morgan fingerprint density at radius 3 is 3.12 bits per heavy atom. The molecule has 2 rings (SSSR count). The van der Waals surface area contributed by atoms with E-state index in [1.807, 2.05) is 12.2 Å². The molecular weight excluding hydrogens is 225 g/mol. The Hall–Kier alpha value is -1.41. The lowest BCUT2D eigenvalue weighted by Crippen LogP contribution is -2.05. The molecule has 1 atom stereocenters. The molecule has 16 heavy (non-hydrogen) atoms. The SMILES string of the molecule is O=Nc1ccc(OCCP)c2c1OCC=C2. The third kappa shape index (κ3) is 2.07. The Morgan fingerprint density at radius 1 is 1.50 bits per heavy atom. The summed E-state index contributed by atoms with van der Waals surface area (Å²) in [5, 5.41) is 2.94. The van der Waals surface area contributed by atoms with Gasteiger partial charge in [-0.15, -0.1) is 14.1 Å². The maximum Gasteiger partial charge on any atom is 0.159 e. The highest BCUT2D eigenvalue weighted by Crippen LogP contribution is 2.40. The minimum absolute atomic E-state index is 0.317. The maximum absolute atomic E-state index is 10.6. The molecule has 5 heteroatoms. The summed E-state index contributed by atoms with van der Waals surface area (Å²) in [5.74, 6) is 1.24. The van der Waals surface area contributed by atoms with Crippen LogP contribution in [0.4, 0.5) is 5.69 Å². The van der Waals surface area contributed by atoms with E-state index in [-0.39, 0.29) is 0 Å². The average molecular weight is 237 g/mol. The molecule has 1 aliphatic heterocycles. The van der Waals surface area contributed by atoms with Crippen molar-refractivity contribution < 1.29 is 9.47 Å². The Bertz CT molecular complexity index is 431. The molecule has 0 spiro atoms. The van der Waals surface area contributed by atoms with Gasteiger partial charge < -0.3 is 9.47 Å². The molecule has 0 saturated heterocycles. The van der Waals surface area contributed by atoms with Gasteiger partial charge in [-0.3, -0.25) is 0 Å². The van der Waals surface area contributed by atoms with Crippen LogP contribution >= 0.6 is 9.24 Å². The van der Waals surface area contributed by atoms with E-state index in [1.54, 1.807) is 12.1 Å². The van der Waals surface area contributed by atoms with Gasteiger partial charge in [0, 0.05) is 0 Å². The third-order valence-electron chi connectivity index (χ3n) is 2.22. The molecule has 0 N–H and O–H groups in total. The van der Waals surface area contributed by atoms with E-state index in [0.29, 0.717) is 24.7 Å². The second-order valence-electron chi connectivity index (χ2n) is 3.27. The number of fused-ring (bicyclic) bond motifs is 1. The van der Waals surface area contributed by atoms with E-state index in [9.17, 15) is 4.91 Å². The van der Waals surface area contributed by atoms with Gasteiger partial charge in [0.1, 0.15) is 12.4 Å². The summed E-state index contributed by atoms with van der Waals surface area (Å²) < 4.78 is 11.0. The normalized spacial score (nSPS) is 12.8. The lowest BCUT2D eigenvalue weighted by molar-refractivity contribution is 0.330. The largest absolute Gasteiger partial charge is 0.492 e. The summed E-state index contributed by atoms with van der Waals surface area (Å²) in [5.41, 5.74) is 1.11. The van der Waals surface area contributed by atoms with E-state index in [4.69, 9.17) is 9.47 Å². The molecule has 1 aliphatic rings. The third-order valence-corrected chi connectivity index (χ3v) is 2.45. The molecule has 0 bridgehead atoms. The number of nitroso groups, excluding NO2 is 1. The number of hydrogen-bond donors (Lipinski definition) is 0. The lowest BCUT2D eigenvalue weighted by Gasteiger charge is -2.17. The molecule has 4 nitrogen and oxygen atoms in total. The summed E-state index contributed by atoms with van der Waals surface area (Å²) in [4.78, 5) is 10.6. The van der Waals surface area contributed by atoms with Gasteiger partial charge in [-0.05, 0) is 35.6 Å². The van der Waals surface area contributed by atoms with Crippen molar-refractivity contribution in [3.8, 4) is 11.5 Å². The van der Waals surface area contributed by atoms with Crippen molar-refractivity contribution in [3.63, 3.8) is 0 Å². The summed E-state index contributed by atoms with van der Waals surface area (Å²) >= 11 is 0. The molecule has 1 aromatic carbocycles. The monoisotopic (exact) mass is 237 g/mol. The van der Waals surface area contributed by atoms with Crippen LogP contribution in [0.15, 0.2) is 23.4 Å². The van der Waals surface area contributed by atoms with E-state index in [0.717, 1.165) is 17.5 Å². The van der Waals surface area contributed by atoms with Crippen molar-refractivity contribution in [2.24, 2.45) is 5.18 Å². The molecule has 0 fully saturated rings. The van der Waals surface area contributed by atoms with Gasteiger partial charge in [0.2, 0.25) is 0 Å². The van der Waals surface area contributed by atoms with Gasteiger partial charge in [0.15, 0.2) is 11.4 Å². The van der Waals surface area contributed by atoms with Gasteiger partial charge in [-0.1, -0.05) is 0 Å². The van der Waals surface area contributed by atoms with Gasteiger partial charge in [0.05, 0.1) is 12.2 Å². The van der Waals surface area contributed by atoms with Crippen LogP contribution in [-0.4, -0.2) is 19.4 Å². The van der Waals surface area contributed by atoms with Crippen molar-refractivity contribution >= 4 is 21.0 Å². The van der Waals surface area contributed by atoms with E-state index in [1.165, 1.54) is 0 Å². The summed E-state index contributed by atoms with van der Waals surface area (Å²) in [7, 11) is 2.60.